The Labute approximate surface area is 121 Å². The molecule has 110 valence electrons. The maximum atomic E-state index is 5.49. The summed E-state index contributed by atoms with van der Waals surface area (Å²) < 4.78 is 10.9. The largest absolute Gasteiger partial charge is 0.493 e. The molecule has 4 nitrogen and oxygen atoms in total. The molecule has 0 aliphatic carbocycles. The van der Waals surface area contributed by atoms with E-state index in [2.05, 4.69) is 17.4 Å². The van der Waals surface area contributed by atoms with E-state index in [1.807, 2.05) is 0 Å². The van der Waals surface area contributed by atoms with E-state index < -0.39 is 0 Å². The van der Waals surface area contributed by atoms with Gasteiger partial charge in [-0.25, -0.2) is 0 Å². The third kappa shape index (κ3) is 2.50. The highest BCUT2D eigenvalue weighted by Crippen LogP contribution is 2.33. The van der Waals surface area contributed by atoms with Crippen LogP contribution in [0.2, 0.25) is 0 Å². The SMILES string of the molecule is COc1cc2c(cc1OC)[C@@H]([NH+]1CCCCC1)C[NH2+]C2. The van der Waals surface area contributed by atoms with Crippen molar-refractivity contribution in [1.29, 1.82) is 0 Å². The Morgan fingerprint density at radius 3 is 2.45 bits per heavy atom. The van der Waals surface area contributed by atoms with Crippen LogP contribution in [-0.4, -0.2) is 33.9 Å². The molecule has 2 aliphatic heterocycles. The molecule has 0 radical (unpaired) electrons. The maximum absolute atomic E-state index is 5.49. The van der Waals surface area contributed by atoms with Crippen molar-refractivity contribution in [2.75, 3.05) is 33.9 Å². The predicted octanol–water partition coefficient (Wildman–Crippen LogP) is -0.109. The molecule has 1 fully saturated rings. The van der Waals surface area contributed by atoms with Gasteiger partial charge in [-0.3, -0.25) is 0 Å². The highest BCUT2D eigenvalue weighted by atomic mass is 16.5. The summed E-state index contributed by atoms with van der Waals surface area (Å²) in [5, 5.41) is 2.43. The van der Waals surface area contributed by atoms with Gasteiger partial charge in [-0.05, 0) is 31.4 Å². The van der Waals surface area contributed by atoms with Crippen LogP contribution in [0.5, 0.6) is 11.5 Å². The molecule has 0 amide bonds. The minimum atomic E-state index is 0.610. The molecule has 2 aliphatic rings. The summed E-state index contributed by atoms with van der Waals surface area (Å²) in [7, 11) is 3.44. The quantitative estimate of drug-likeness (QED) is 0.810. The second kappa shape index (κ2) is 6.02. The van der Waals surface area contributed by atoms with E-state index in [-0.39, 0.29) is 0 Å². The van der Waals surface area contributed by atoms with Crippen molar-refractivity contribution in [3.8, 4) is 11.5 Å². The molecular formula is C16H26N2O2+2. The van der Waals surface area contributed by atoms with Crippen molar-refractivity contribution in [1.82, 2.24) is 0 Å². The standard InChI is InChI=1S/C16H24N2O2/c1-19-15-8-12-10-17-11-14(13(12)9-16(15)20-2)18-6-4-3-5-7-18/h8-9,14,17H,3-7,10-11H2,1-2H3/p+2/t14-/m0/s1. The van der Waals surface area contributed by atoms with Crippen LogP contribution in [-0.2, 0) is 6.54 Å². The number of methoxy groups -OCH3 is 2. The summed E-state index contributed by atoms with van der Waals surface area (Å²) in [5.41, 5.74) is 2.89. The van der Waals surface area contributed by atoms with Crippen LogP contribution in [0.4, 0.5) is 0 Å². The lowest BCUT2D eigenvalue weighted by Crippen LogP contribution is -3.16. The van der Waals surface area contributed by atoms with Crippen molar-refractivity contribution in [3.63, 3.8) is 0 Å². The maximum Gasteiger partial charge on any atom is 0.163 e. The summed E-state index contributed by atoms with van der Waals surface area (Å²) in [4.78, 5) is 1.75. The zero-order chi connectivity index (χ0) is 13.9. The first-order valence-corrected chi connectivity index (χ1v) is 7.74. The number of fused-ring (bicyclic) bond motifs is 1. The number of likely N-dealkylation sites (tertiary alicyclic amines) is 1. The van der Waals surface area contributed by atoms with Gasteiger partial charge in [0.1, 0.15) is 13.1 Å². The van der Waals surface area contributed by atoms with Crippen LogP contribution in [0.15, 0.2) is 12.1 Å². The molecule has 0 aromatic heterocycles. The minimum Gasteiger partial charge on any atom is -0.493 e. The number of piperidine rings is 1. The first-order chi connectivity index (χ1) is 9.83. The summed E-state index contributed by atoms with van der Waals surface area (Å²) in [5.74, 6) is 1.73. The van der Waals surface area contributed by atoms with Crippen molar-refractivity contribution < 1.29 is 19.7 Å². The van der Waals surface area contributed by atoms with Crippen LogP contribution in [0.25, 0.3) is 0 Å². The lowest BCUT2D eigenvalue weighted by atomic mass is 9.93. The fraction of sp³-hybridized carbons (Fsp3) is 0.625. The number of ether oxygens (including phenoxy) is 2. The van der Waals surface area contributed by atoms with Crippen molar-refractivity contribution in [2.24, 2.45) is 0 Å². The van der Waals surface area contributed by atoms with E-state index in [9.17, 15) is 0 Å². The molecule has 0 unspecified atom stereocenters. The first-order valence-electron chi connectivity index (χ1n) is 7.74. The van der Waals surface area contributed by atoms with E-state index >= 15 is 0 Å². The molecule has 1 saturated heterocycles. The Hall–Kier alpha value is -1.26. The average molecular weight is 278 g/mol. The van der Waals surface area contributed by atoms with Crippen LogP contribution >= 0.6 is 0 Å². The van der Waals surface area contributed by atoms with Gasteiger partial charge in [0, 0.05) is 11.1 Å². The molecule has 1 aromatic carbocycles. The van der Waals surface area contributed by atoms with Crippen molar-refractivity contribution >= 4 is 0 Å². The number of benzene rings is 1. The summed E-state index contributed by atoms with van der Waals surface area (Å²) in [6, 6.07) is 4.99. The Morgan fingerprint density at radius 1 is 1.05 bits per heavy atom. The molecule has 4 heteroatoms. The Morgan fingerprint density at radius 2 is 1.75 bits per heavy atom. The molecule has 1 aromatic rings. The smallest absolute Gasteiger partial charge is 0.163 e. The number of hydrogen-bond donors (Lipinski definition) is 2. The number of rotatable bonds is 3. The van der Waals surface area contributed by atoms with Gasteiger partial charge in [0.25, 0.3) is 0 Å². The number of nitrogens with one attached hydrogen (secondary N) is 1. The van der Waals surface area contributed by atoms with Gasteiger partial charge in [0.05, 0.1) is 27.3 Å². The average Bonchev–Trinajstić information content (AvgIpc) is 2.53. The van der Waals surface area contributed by atoms with E-state index in [4.69, 9.17) is 9.47 Å². The lowest BCUT2D eigenvalue weighted by Gasteiger charge is -2.34. The van der Waals surface area contributed by atoms with Gasteiger partial charge in [-0.2, -0.15) is 0 Å². The summed E-state index contributed by atoms with van der Waals surface area (Å²) in [6.07, 6.45) is 4.14. The van der Waals surface area contributed by atoms with E-state index in [1.165, 1.54) is 50.0 Å². The van der Waals surface area contributed by atoms with E-state index in [0.717, 1.165) is 18.0 Å². The zero-order valence-corrected chi connectivity index (χ0v) is 12.6. The highest BCUT2D eigenvalue weighted by Gasteiger charge is 2.33. The number of hydrogen-bond acceptors (Lipinski definition) is 2. The Kier molecular flexibility index (Phi) is 4.13. The molecule has 20 heavy (non-hydrogen) atoms. The van der Waals surface area contributed by atoms with Gasteiger partial charge in [-0.1, -0.05) is 0 Å². The van der Waals surface area contributed by atoms with Crippen molar-refractivity contribution in [2.45, 2.75) is 31.8 Å². The Bertz CT molecular complexity index is 470. The van der Waals surface area contributed by atoms with Crippen LogP contribution in [0.1, 0.15) is 36.4 Å². The third-order valence-electron chi connectivity index (χ3n) is 4.78. The summed E-state index contributed by atoms with van der Waals surface area (Å²) >= 11 is 0. The van der Waals surface area contributed by atoms with E-state index in [1.54, 1.807) is 19.1 Å². The lowest BCUT2D eigenvalue weighted by molar-refractivity contribution is -0.952. The fourth-order valence-electron chi connectivity index (χ4n) is 3.71. The third-order valence-corrected chi connectivity index (χ3v) is 4.78. The molecule has 3 rings (SSSR count). The van der Waals surface area contributed by atoms with Crippen LogP contribution < -0.4 is 19.7 Å². The van der Waals surface area contributed by atoms with E-state index in [0.29, 0.717) is 6.04 Å². The van der Waals surface area contributed by atoms with Gasteiger partial charge in [0.15, 0.2) is 17.5 Å². The number of quaternary nitrogens is 2. The molecule has 1 atom stereocenters. The number of nitrogens with two attached hydrogens (primary N) is 1. The second-order valence-electron chi connectivity index (χ2n) is 5.91. The van der Waals surface area contributed by atoms with Gasteiger partial charge < -0.3 is 19.7 Å². The monoisotopic (exact) mass is 278 g/mol. The normalized spacial score (nSPS) is 23.2. The fourth-order valence-corrected chi connectivity index (χ4v) is 3.71. The van der Waals surface area contributed by atoms with Crippen LogP contribution in [0.3, 0.4) is 0 Å². The highest BCUT2D eigenvalue weighted by molar-refractivity contribution is 5.48. The van der Waals surface area contributed by atoms with Gasteiger partial charge in [0.2, 0.25) is 0 Å². The predicted molar refractivity (Wildman–Crippen MR) is 77.3 cm³/mol. The van der Waals surface area contributed by atoms with Crippen molar-refractivity contribution in [3.05, 3.63) is 23.3 Å². The first kappa shape index (κ1) is 13.7. The molecular weight excluding hydrogens is 252 g/mol. The van der Waals surface area contributed by atoms with Gasteiger partial charge in [-0.15, -0.1) is 0 Å². The molecule has 3 N–H and O–H groups in total. The van der Waals surface area contributed by atoms with Crippen LogP contribution in [0, 0.1) is 0 Å². The molecule has 0 spiro atoms. The molecule has 0 bridgehead atoms. The molecule has 2 heterocycles. The topological polar surface area (TPSA) is 39.5 Å². The zero-order valence-electron chi connectivity index (χ0n) is 12.6. The van der Waals surface area contributed by atoms with Gasteiger partial charge >= 0.3 is 0 Å². The molecule has 0 saturated carbocycles. The summed E-state index contributed by atoms with van der Waals surface area (Å²) in [6.45, 7) is 4.87. The Balaban J connectivity index is 1.94. The second-order valence-corrected chi connectivity index (χ2v) is 5.91. The minimum absolute atomic E-state index is 0.610.